The molecule has 21 heavy (non-hydrogen) atoms. The Hall–Kier alpha value is -2.23. The number of hydrogen-bond acceptors (Lipinski definition) is 4. The van der Waals surface area contributed by atoms with Gasteiger partial charge in [0.25, 0.3) is 0 Å². The van der Waals surface area contributed by atoms with Crippen LogP contribution in [-0.4, -0.2) is 18.2 Å². The summed E-state index contributed by atoms with van der Waals surface area (Å²) in [6, 6.07) is 9.71. The Bertz CT molecular complexity index is 585. The van der Waals surface area contributed by atoms with Gasteiger partial charge in [0.2, 0.25) is 0 Å². The summed E-state index contributed by atoms with van der Waals surface area (Å²) < 4.78 is 11.5. The van der Waals surface area contributed by atoms with Gasteiger partial charge in [0.15, 0.2) is 11.5 Å². The fraction of sp³-hybridized carbons (Fsp3) is 0.353. The molecule has 0 bridgehead atoms. The number of nitrogens with zero attached hydrogens (tertiary/aromatic N) is 1. The molecule has 1 heterocycles. The van der Waals surface area contributed by atoms with Crippen LogP contribution in [-0.2, 0) is 0 Å². The molecule has 4 nitrogen and oxygen atoms in total. The molecule has 0 saturated carbocycles. The second kappa shape index (κ2) is 7.53. The molecule has 2 aromatic rings. The lowest BCUT2D eigenvalue weighted by atomic mass is 10.1. The first-order valence-electron chi connectivity index (χ1n) is 7.36. The molecule has 112 valence electrons. The zero-order valence-electron chi connectivity index (χ0n) is 12.6. The van der Waals surface area contributed by atoms with Gasteiger partial charge in [0.1, 0.15) is 5.82 Å². The number of rotatable bonds is 7. The van der Waals surface area contributed by atoms with Crippen molar-refractivity contribution in [2.24, 2.45) is 0 Å². The largest absolute Gasteiger partial charge is 0.490 e. The second-order valence-electron chi connectivity index (χ2n) is 4.79. The number of anilines is 1. The quantitative estimate of drug-likeness (QED) is 0.838. The Labute approximate surface area is 125 Å². The molecular formula is C17H22N2O2. The summed E-state index contributed by atoms with van der Waals surface area (Å²) in [7, 11) is 0. The van der Waals surface area contributed by atoms with E-state index < -0.39 is 0 Å². The van der Waals surface area contributed by atoms with Gasteiger partial charge in [-0.25, -0.2) is 4.98 Å². The van der Waals surface area contributed by atoms with Crippen molar-refractivity contribution in [3.05, 3.63) is 36.5 Å². The summed E-state index contributed by atoms with van der Waals surface area (Å²) in [6.45, 7) is 5.50. The SMILES string of the molecule is CCCOc1ccc(-c2cccnc2N)cc1OCCC. The Morgan fingerprint density at radius 3 is 2.38 bits per heavy atom. The van der Waals surface area contributed by atoms with Gasteiger partial charge in [-0.05, 0) is 42.7 Å². The van der Waals surface area contributed by atoms with Gasteiger partial charge in [-0.15, -0.1) is 0 Å². The highest BCUT2D eigenvalue weighted by Gasteiger charge is 2.10. The predicted octanol–water partition coefficient (Wildman–Crippen LogP) is 3.91. The lowest BCUT2D eigenvalue weighted by molar-refractivity contribution is 0.268. The van der Waals surface area contributed by atoms with Crippen LogP contribution in [0, 0.1) is 0 Å². The van der Waals surface area contributed by atoms with E-state index in [0.717, 1.165) is 35.5 Å². The molecule has 0 radical (unpaired) electrons. The van der Waals surface area contributed by atoms with Gasteiger partial charge in [-0.2, -0.15) is 0 Å². The fourth-order valence-electron chi connectivity index (χ4n) is 1.99. The van der Waals surface area contributed by atoms with Gasteiger partial charge in [-0.1, -0.05) is 19.9 Å². The molecule has 2 N–H and O–H groups in total. The van der Waals surface area contributed by atoms with Gasteiger partial charge in [0.05, 0.1) is 13.2 Å². The number of benzene rings is 1. The van der Waals surface area contributed by atoms with E-state index >= 15 is 0 Å². The van der Waals surface area contributed by atoms with E-state index in [4.69, 9.17) is 15.2 Å². The standard InChI is InChI=1S/C17H22N2O2/c1-3-10-20-15-8-7-13(12-16(15)21-11-4-2)14-6-5-9-19-17(14)18/h5-9,12H,3-4,10-11H2,1-2H3,(H2,18,19). The zero-order chi connectivity index (χ0) is 15.1. The molecule has 0 amide bonds. The lowest BCUT2D eigenvalue weighted by Crippen LogP contribution is -2.01. The summed E-state index contributed by atoms with van der Waals surface area (Å²) in [5.41, 5.74) is 7.82. The molecule has 0 saturated heterocycles. The van der Waals surface area contributed by atoms with Crippen LogP contribution in [0.1, 0.15) is 26.7 Å². The van der Waals surface area contributed by atoms with Crippen LogP contribution in [0.5, 0.6) is 11.5 Å². The molecule has 0 unspecified atom stereocenters. The van der Waals surface area contributed by atoms with Crippen LogP contribution in [0.3, 0.4) is 0 Å². The average Bonchev–Trinajstić information content (AvgIpc) is 2.52. The van der Waals surface area contributed by atoms with E-state index in [1.165, 1.54) is 0 Å². The van der Waals surface area contributed by atoms with E-state index in [0.29, 0.717) is 19.0 Å². The fourth-order valence-corrected chi connectivity index (χ4v) is 1.99. The van der Waals surface area contributed by atoms with Crippen molar-refractivity contribution < 1.29 is 9.47 Å². The number of aromatic nitrogens is 1. The highest BCUT2D eigenvalue weighted by molar-refractivity contribution is 5.75. The number of ether oxygens (including phenoxy) is 2. The first kappa shape index (κ1) is 15.2. The smallest absolute Gasteiger partial charge is 0.161 e. The molecule has 0 aliphatic heterocycles. The van der Waals surface area contributed by atoms with Crippen molar-refractivity contribution in [1.29, 1.82) is 0 Å². The molecule has 1 aromatic heterocycles. The Kier molecular flexibility index (Phi) is 5.43. The van der Waals surface area contributed by atoms with Crippen LogP contribution in [0.15, 0.2) is 36.5 Å². The second-order valence-corrected chi connectivity index (χ2v) is 4.79. The third-order valence-electron chi connectivity index (χ3n) is 3.02. The maximum atomic E-state index is 5.94. The van der Waals surface area contributed by atoms with E-state index in [2.05, 4.69) is 18.8 Å². The molecule has 2 rings (SSSR count). The van der Waals surface area contributed by atoms with Crippen LogP contribution >= 0.6 is 0 Å². The van der Waals surface area contributed by atoms with Gasteiger partial charge in [-0.3, -0.25) is 0 Å². The summed E-state index contributed by atoms with van der Waals surface area (Å²) >= 11 is 0. The molecule has 0 fully saturated rings. The highest BCUT2D eigenvalue weighted by atomic mass is 16.5. The summed E-state index contributed by atoms with van der Waals surface area (Å²) in [5, 5.41) is 0. The third kappa shape index (κ3) is 3.88. The van der Waals surface area contributed by atoms with Crippen molar-refractivity contribution in [3.63, 3.8) is 0 Å². The van der Waals surface area contributed by atoms with Gasteiger partial charge >= 0.3 is 0 Å². The monoisotopic (exact) mass is 286 g/mol. The van der Waals surface area contributed by atoms with Crippen molar-refractivity contribution in [1.82, 2.24) is 4.98 Å². The van der Waals surface area contributed by atoms with E-state index in [1.807, 2.05) is 30.3 Å². The third-order valence-corrected chi connectivity index (χ3v) is 3.02. The molecule has 0 aliphatic carbocycles. The number of hydrogen-bond donors (Lipinski definition) is 1. The first-order chi connectivity index (χ1) is 10.3. The summed E-state index contributed by atoms with van der Waals surface area (Å²) in [5.74, 6) is 2.05. The van der Waals surface area contributed by atoms with Crippen LogP contribution < -0.4 is 15.2 Å². The first-order valence-corrected chi connectivity index (χ1v) is 7.36. The Morgan fingerprint density at radius 1 is 1.00 bits per heavy atom. The topological polar surface area (TPSA) is 57.4 Å². The number of nitrogen functional groups attached to an aromatic ring is 1. The van der Waals surface area contributed by atoms with Crippen molar-refractivity contribution in [2.75, 3.05) is 18.9 Å². The molecule has 4 heteroatoms. The molecular weight excluding hydrogens is 264 g/mol. The Morgan fingerprint density at radius 2 is 1.71 bits per heavy atom. The van der Waals surface area contributed by atoms with E-state index in [-0.39, 0.29) is 0 Å². The minimum Gasteiger partial charge on any atom is -0.490 e. The normalized spacial score (nSPS) is 10.4. The van der Waals surface area contributed by atoms with E-state index in [9.17, 15) is 0 Å². The van der Waals surface area contributed by atoms with Gasteiger partial charge < -0.3 is 15.2 Å². The highest BCUT2D eigenvalue weighted by Crippen LogP contribution is 2.34. The van der Waals surface area contributed by atoms with Crippen LogP contribution in [0.25, 0.3) is 11.1 Å². The minimum absolute atomic E-state index is 0.515. The van der Waals surface area contributed by atoms with Gasteiger partial charge in [0, 0.05) is 11.8 Å². The Balaban J connectivity index is 2.34. The van der Waals surface area contributed by atoms with Crippen molar-refractivity contribution in [2.45, 2.75) is 26.7 Å². The number of pyridine rings is 1. The molecule has 0 spiro atoms. The maximum absolute atomic E-state index is 5.94. The summed E-state index contributed by atoms with van der Waals surface area (Å²) in [4.78, 5) is 4.13. The van der Waals surface area contributed by atoms with E-state index in [1.54, 1.807) is 6.20 Å². The molecule has 0 aliphatic rings. The average molecular weight is 286 g/mol. The predicted molar refractivity (Wildman–Crippen MR) is 85.7 cm³/mol. The minimum atomic E-state index is 0.515. The molecule has 0 atom stereocenters. The zero-order valence-corrected chi connectivity index (χ0v) is 12.6. The lowest BCUT2D eigenvalue weighted by Gasteiger charge is -2.14. The maximum Gasteiger partial charge on any atom is 0.161 e. The number of nitrogens with two attached hydrogens (primary N) is 1. The van der Waals surface area contributed by atoms with Crippen LogP contribution in [0.2, 0.25) is 0 Å². The van der Waals surface area contributed by atoms with Crippen molar-refractivity contribution in [3.8, 4) is 22.6 Å². The van der Waals surface area contributed by atoms with Crippen molar-refractivity contribution >= 4 is 5.82 Å². The molecule has 1 aromatic carbocycles. The summed E-state index contributed by atoms with van der Waals surface area (Å²) in [6.07, 6.45) is 3.60. The van der Waals surface area contributed by atoms with Crippen LogP contribution in [0.4, 0.5) is 5.82 Å².